The van der Waals surface area contributed by atoms with Crippen LogP contribution in [0.4, 0.5) is 34.1 Å². The number of benzene rings is 7. The Kier molecular flexibility index (Phi) is 9.10. The Balaban J connectivity index is 1.30. The van der Waals surface area contributed by atoms with Crippen molar-refractivity contribution >= 4 is 68.4 Å². The van der Waals surface area contributed by atoms with Crippen LogP contribution in [0.25, 0.3) is 33.2 Å². The number of hydrogen-bond donors (Lipinski definition) is 0. The van der Waals surface area contributed by atoms with Crippen LogP contribution in [0.3, 0.4) is 0 Å². The Labute approximate surface area is 380 Å². The first-order chi connectivity index (χ1) is 30.6. The lowest BCUT2D eigenvalue weighted by molar-refractivity contribution is 0.332. The third-order valence-corrected chi connectivity index (χ3v) is 14.9. The van der Waals surface area contributed by atoms with Crippen molar-refractivity contribution in [2.75, 3.05) is 9.80 Å². The van der Waals surface area contributed by atoms with Gasteiger partial charge in [-0.1, -0.05) is 165 Å². The molecule has 0 amide bonds. The first kappa shape index (κ1) is 40.5. The predicted molar refractivity (Wildman–Crippen MR) is 274 cm³/mol. The Morgan fingerprint density at radius 1 is 0.594 bits per heavy atom. The molecule has 0 radical (unpaired) electrons. The highest BCUT2D eigenvalue weighted by molar-refractivity contribution is 7.00. The second-order valence-electron chi connectivity index (χ2n) is 21.5. The molecule has 1 aromatic heterocycles. The third-order valence-electron chi connectivity index (χ3n) is 14.9. The van der Waals surface area contributed by atoms with Crippen molar-refractivity contribution < 1.29 is 4.42 Å². The van der Waals surface area contributed by atoms with Crippen LogP contribution in [0.15, 0.2) is 150 Å². The van der Waals surface area contributed by atoms with E-state index >= 15 is 0 Å². The number of aryl methyl sites for hydroxylation is 1. The van der Waals surface area contributed by atoms with Gasteiger partial charge in [-0.3, -0.25) is 0 Å². The lowest BCUT2D eigenvalue weighted by Gasteiger charge is -2.47. The minimum absolute atomic E-state index is 0.00511. The molecule has 0 atom stereocenters. The highest BCUT2D eigenvalue weighted by Crippen LogP contribution is 2.54. The Hall–Kier alpha value is -6.26. The summed E-state index contributed by atoms with van der Waals surface area (Å²) in [5.74, 6) is 0.378. The van der Waals surface area contributed by atoms with E-state index in [-0.39, 0.29) is 23.0 Å². The van der Waals surface area contributed by atoms with Crippen molar-refractivity contribution in [3.8, 4) is 22.3 Å². The van der Waals surface area contributed by atoms with E-state index in [4.69, 9.17) is 4.42 Å². The molecule has 2 aliphatic heterocycles. The van der Waals surface area contributed by atoms with Gasteiger partial charge >= 0.3 is 0 Å². The molecule has 0 bridgehead atoms. The molecule has 1 aliphatic carbocycles. The van der Waals surface area contributed by atoms with Gasteiger partial charge in [0.05, 0.1) is 17.0 Å². The van der Waals surface area contributed by atoms with Crippen LogP contribution in [-0.4, -0.2) is 6.71 Å². The van der Waals surface area contributed by atoms with E-state index in [9.17, 15) is 0 Å². The largest absolute Gasteiger partial charge is 0.468 e. The monoisotopic (exact) mass is 834 g/mol. The zero-order valence-electron chi connectivity index (χ0n) is 39.2. The molecule has 0 N–H and O–H groups in total. The average Bonchev–Trinajstić information content (AvgIpc) is 3.66. The average molecular weight is 835 g/mol. The lowest BCUT2D eigenvalue weighted by Crippen LogP contribution is -2.61. The van der Waals surface area contributed by atoms with Gasteiger partial charge in [-0.25, -0.2) is 0 Å². The quantitative estimate of drug-likeness (QED) is 0.161. The summed E-state index contributed by atoms with van der Waals surface area (Å²) in [5.41, 5.74) is 23.3. The summed E-state index contributed by atoms with van der Waals surface area (Å²) in [7, 11) is 0. The van der Waals surface area contributed by atoms with Gasteiger partial charge in [0, 0.05) is 39.3 Å². The van der Waals surface area contributed by atoms with E-state index in [1.165, 1.54) is 89.1 Å². The summed E-state index contributed by atoms with van der Waals surface area (Å²) < 4.78 is 7.40. The van der Waals surface area contributed by atoms with Crippen molar-refractivity contribution in [2.24, 2.45) is 0 Å². The van der Waals surface area contributed by atoms with Gasteiger partial charge < -0.3 is 14.2 Å². The molecule has 0 unspecified atom stereocenters. The van der Waals surface area contributed by atoms with Gasteiger partial charge in [0.15, 0.2) is 0 Å². The van der Waals surface area contributed by atoms with Crippen molar-refractivity contribution in [2.45, 2.75) is 104 Å². The minimum atomic E-state index is -0.137. The number of hydrogen-bond acceptors (Lipinski definition) is 3. The summed E-state index contributed by atoms with van der Waals surface area (Å²) in [6, 6.07) is 55.2. The zero-order valence-corrected chi connectivity index (χ0v) is 39.2. The normalized spacial score (nSPS) is 15.8. The van der Waals surface area contributed by atoms with Crippen molar-refractivity contribution in [3.05, 3.63) is 173 Å². The zero-order chi connectivity index (χ0) is 44.4. The second kappa shape index (κ2) is 14.4. The maximum atomic E-state index is 7.40. The predicted octanol–water partition coefficient (Wildman–Crippen LogP) is 14.9. The molecular formula is C60H59BN2O. The molecule has 0 fully saturated rings. The standard InChI is InChI=1S/C60H59BN2O/c1-37(2)41-24-29-53-46(34-41)56-57(64-53)61-49-35-47-48(60(9,10)31-30-59(47,7)8)36-50(49)63(55-44(39-18-13-11-14-19-39)22-17-23-45(55)40-20-15-12-16-21-40)52-33-38(3)32-51(54(52)61)62(56)43-27-25-42(26-28-43)58(4,5)6/h11-29,32-37H,30-31H2,1-10H3. The van der Waals surface area contributed by atoms with E-state index in [2.05, 4.69) is 225 Å². The maximum absolute atomic E-state index is 7.40. The molecule has 3 nitrogen and oxygen atoms in total. The number of furan rings is 1. The van der Waals surface area contributed by atoms with Crippen molar-refractivity contribution in [1.82, 2.24) is 0 Å². The Morgan fingerprint density at radius 3 is 1.75 bits per heavy atom. The summed E-state index contributed by atoms with van der Waals surface area (Å²) in [4.78, 5) is 5.20. The van der Waals surface area contributed by atoms with Crippen LogP contribution in [0.5, 0.6) is 0 Å². The van der Waals surface area contributed by atoms with Gasteiger partial charge in [-0.2, -0.15) is 0 Å². The number of anilines is 6. The fraction of sp³-hybridized carbons (Fsp3) is 0.267. The highest BCUT2D eigenvalue weighted by atomic mass is 16.3. The minimum Gasteiger partial charge on any atom is -0.468 e. The van der Waals surface area contributed by atoms with Gasteiger partial charge in [0.1, 0.15) is 5.58 Å². The first-order valence-corrected chi connectivity index (χ1v) is 23.5. The van der Waals surface area contributed by atoms with E-state index < -0.39 is 0 Å². The Morgan fingerprint density at radius 2 is 1.17 bits per heavy atom. The van der Waals surface area contributed by atoms with Crippen molar-refractivity contribution in [1.29, 1.82) is 0 Å². The molecule has 0 spiro atoms. The summed E-state index contributed by atoms with van der Waals surface area (Å²) in [6.45, 7) is 23.4. The SMILES string of the molecule is Cc1cc2c3c(c1)N(c1ccc(C(C)(C)C)cc1)c1c(oc4ccc(C(C)C)cc14)B3c1cc3c(cc1N2c1c(-c2ccccc2)cccc1-c1ccccc1)C(C)(C)CCC3(C)C. The van der Waals surface area contributed by atoms with Crippen LogP contribution >= 0.6 is 0 Å². The molecule has 4 heteroatoms. The number of fused-ring (bicyclic) bond motifs is 7. The second-order valence-corrected chi connectivity index (χ2v) is 21.5. The van der Waals surface area contributed by atoms with Crippen LogP contribution in [-0.2, 0) is 16.2 Å². The molecule has 0 saturated heterocycles. The van der Waals surface area contributed by atoms with Gasteiger partial charge in [0.25, 0.3) is 6.71 Å². The van der Waals surface area contributed by atoms with Crippen molar-refractivity contribution in [3.63, 3.8) is 0 Å². The number of para-hydroxylation sites is 1. The molecule has 0 saturated carbocycles. The smallest absolute Gasteiger partial charge is 0.297 e. The van der Waals surface area contributed by atoms with Gasteiger partial charge in [0.2, 0.25) is 0 Å². The summed E-state index contributed by atoms with van der Waals surface area (Å²) >= 11 is 0. The lowest BCUT2D eigenvalue weighted by atomic mass is 9.35. The molecule has 3 aliphatic rings. The van der Waals surface area contributed by atoms with E-state index in [1.54, 1.807) is 0 Å². The van der Waals surface area contributed by atoms with E-state index in [0.29, 0.717) is 5.92 Å². The highest BCUT2D eigenvalue weighted by Gasteiger charge is 2.49. The van der Waals surface area contributed by atoms with Crippen LogP contribution in [0, 0.1) is 6.92 Å². The molecule has 64 heavy (non-hydrogen) atoms. The molecule has 3 heterocycles. The number of nitrogens with zero attached hydrogens (tertiary/aromatic N) is 2. The molecule has 8 aromatic rings. The van der Waals surface area contributed by atoms with E-state index in [1.807, 2.05) is 0 Å². The maximum Gasteiger partial charge on any atom is 0.297 e. The molecular weight excluding hydrogens is 775 g/mol. The summed E-state index contributed by atoms with van der Waals surface area (Å²) in [5, 5.41) is 1.17. The van der Waals surface area contributed by atoms with Crippen LogP contribution in [0.2, 0.25) is 0 Å². The fourth-order valence-corrected chi connectivity index (χ4v) is 11.2. The molecule has 11 rings (SSSR count). The third kappa shape index (κ3) is 6.23. The van der Waals surface area contributed by atoms with E-state index in [0.717, 1.165) is 35.5 Å². The van der Waals surface area contributed by atoms with Gasteiger partial charge in [-0.05, 0) is 134 Å². The fourth-order valence-electron chi connectivity index (χ4n) is 11.2. The van der Waals surface area contributed by atoms with Crippen LogP contribution in [0.1, 0.15) is 109 Å². The molecule has 318 valence electrons. The first-order valence-electron chi connectivity index (χ1n) is 23.5. The topological polar surface area (TPSA) is 19.6 Å². The summed E-state index contributed by atoms with van der Waals surface area (Å²) in [6.07, 6.45) is 2.28. The Bertz CT molecular complexity index is 3070. The van der Waals surface area contributed by atoms with Gasteiger partial charge in [-0.15, -0.1) is 0 Å². The number of rotatable bonds is 5. The molecule has 7 aromatic carbocycles. The van der Waals surface area contributed by atoms with Crippen LogP contribution < -0.4 is 26.4 Å².